The van der Waals surface area contributed by atoms with E-state index < -0.39 is 0 Å². The van der Waals surface area contributed by atoms with Crippen molar-refractivity contribution in [1.82, 2.24) is 0 Å². The van der Waals surface area contributed by atoms with Gasteiger partial charge in [0.25, 0.3) is 0 Å². The topological polar surface area (TPSA) is 9.23 Å². The first-order valence-electron chi connectivity index (χ1n) is 4.73. The predicted molar refractivity (Wildman–Crippen MR) is 56.6 cm³/mol. The summed E-state index contributed by atoms with van der Waals surface area (Å²) in [6.45, 7) is 3.64. The molecule has 1 nitrogen and oxygen atoms in total. The number of ether oxygens (including phenoxy) is 1. The molecule has 0 atom stereocenters. The second kappa shape index (κ2) is 6.44. The summed E-state index contributed by atoms with van der Waals surface area (Å²) < 4.78 is 5.22. The molecule has 1 aromatic carbocycles. The summed E-state index contributed by atoms with van der Waals surface area (Å²) in [4.78, 5) is 0. The summed E-state index contributed by atoms with van der Waals surface area (Å²) in [5.74, 6) is 0. The van der Waals surface area contributed by atoms with Crippen molar-refractivity contribution in [2.45, 2.75) is 13.3 Å². The molecule has 0 saturated carbocycles. The Morgan fingerprint density at radius 3 is 2.69 bits per heavy atom. The SMILES string of the molecule is CCOCC/C=C/c1ccccc1. The second-order valence-corrected chi connectivity index (χ2v) is 2.80. The average molecular weight is 176 g/mol. The zero-order valence-electron chi connectivity index (χ0n) is 8.07. The van der Waals surface area contributed by atoms with Crippen LogP contribution in [0.4, 0.5) is 0 Å². The van der Waals surface area contributed by atoms with Gasteiger partial charge < -0.3 is 4.74 Å². The Morgan fingerprint density at radius 2 is 2.00 bits per heavy atom. The molecular formula is C12H16O. The Kier molecular flexibility index (Phi) is 4.95. The lowest BCUT2D eigenvalue weighted by Gasteiger charge is -1.95. The van der Waals surface area contributed by atoms with E-state index in [1.54, 1.807) is 0 Å². The monoisotopic (exact) mass is 176 g/mol. The molecule has 0 radical (unpaired) electrons. The minimum absolute atomic E-state index is 0.805. The Hall–Kier alpha value is -1.08. The third-order valence-electron chi connectivity index (χ3n) is 1.74. The highest BCUT2D eigenvalue weighted by atomic mass is 16.5. The van der Waals surface area contributed by atoms with E-state index in [4.69, 9.17) is 4.74 Å². The summed E-state index contributed by atoms with van der Waals surface area (Å²) in [7, 11) is 0. The van der Waals surface area contributed by atoms with Crippen LogP contribution >= 0.6 is 0 Å². The first-order valence-corrected chi connectivity index (χ1v) is 4.73. The van der Waals surface area contributed by atoms with Gasteiger partial charge in [0.15, 0.2) is 0 Å². The van der Waals surface area contributed by atoms with Gasteiger partial charge in [0.1, 0.15) is 0 Å². The van der Waals surface area contributed by atoms with Gasteiger partial charge in [-0.15, -0.1) is 0 Å². The molecule has 70 valence electrons. The summed E-state index contributed by atoms with van der Waals surface area (Å²) in [5, 5.41) is 0. The van der Waals surface area contributed by atoms with Gasteiger partial charge in [0, 0.05) is 13.2 Å². The van der Waals surface area contributed by atoms with Crippen LogP contribution in [0.2, 0.25) is 0 Å². The number of benzene rings is 1. The van der Waals surface area contributed by atoms with E-state index in [0.29, 0.717) is 0 Å². The molecule has 1 aromatic rings. The predicted octanol–water partition coefficient (Wildman–Crippen LogP) is 3.13. The number of hydrogen-bond acceptors (Lipinski definition) is 1. The Bertz CT molecular complexity index is 239. The number of hydrogen-bond donors (Lipinski definition) is 0. The summed E-state index contributed by atoms with van der Waals surface area (Å²) in [6, 6.07) is 10.3. The van der Waals surface area contributed by atoms with Gasteiger partial charge in [-0.05, 0) is 18.9 Å². The molecule has 1 rings (SSSR count). The lowest BCUT2D eigenvalue weighted by Crippen LogP contribution is -1.90. The molecule has 1 heteroatoms. The van der Waals surface area contributed by atoms with Crippen LogP contribution in [0.15, 0.2) is 36.4 Å². The lowest BCUT2D eigenvalue weighted by molar-refractivity contribution is 0.152. The Labute approximate surface area is 80.0 Å². The minimum atomic E-state index is 0.805. The molecular weight excluding hydrogens is 160 g/mol. The average Bonchev–Trinajstić information content (AvgIpc) is 2.19. The van der Waals surface area contributed by atoms with Crippen LogP contribution in [0.1, 0.15) is 18.9 Å². The van der Waals surface area contributed by atoms with Crippen molar-refractivity contribution >= 4 is 6.08 Å². The third-order valence-corrected chi connectivity index (χ3v) is 1.74. The van der Waals surface area contributed by atoms with Crippen molar-refractivity contribution in [3.8, 4) is 0 Å². The van der Waals surface area contributed by atoms with Crippen molar-refractivity contribution in [3.63, 3.8) is 0 Å². The van der Waals surface area contributed by atoms with Crippen molar-refractivity contribution in [2.75, 3.05) is 13.2 Å². The molecule has 0 saturated heterocycles. The molecule has 0 fully saturated rings. The molecule has 0 N–H and O–H groups in total. The fourth-order valence-corrected chi connectivity index (χ4v) is 1.08. The van der Waals surface area contributed by atoms with Crippen LogP contribution < -0.4 is 0 Å². The van der Waals surface area contributed by atoms with Crippen molar-refractivity contribution in [2.24, 2.45) is 0 Å². The van der Waals surface area contributed by atoms with Crippen LogP contribution in [-0.2, 0) is 4.74 Å². The van der Waals surface area contributed by atoms with Crippen molar-refractivity contribution in [1.29, 1.82) is 0 Å². The van der Waals surface area contributed by atoms with Crippen LogP contribution in [0.5, 0.6) is 0 Å². The smallest absolute Gasteiger partial charge is 0.0500 e. The molecule has 0 bridgehead atoms. The zero-order chi connectivity index (χ0) is 9.36. The summed E-state index contributed by atoms with van der Waals surface area (Å²) in [6.07, 6.45) is 5.26. The molecule has 13 heavy (non-hydrogen) atoms. The van der Waals surface area contributed by atoms with E-state index in [0.717, 1.165) is 19.6 Å². The molecule has 0 heterocycles. The first kappa shape index (κ1) is 10.0. The largest absolute Gasteiger partial charge is 0.381 e. The van der Waals surface area contributed by atoms with E-state index in [1.807, 2.05) is 25.1 Å². The molecule has 0 aromatic heterocycles. The third kappa shape index (κ3) is 4.48. The highest BCUT2D eigenvalue weighted by Gasteiger charge is 1.83. The highest BCUT2D eigenvalue weighted by Crippen LogP contribution is 2.01. The van der Waals surface area contributed by atoms with Crippen LogP contribution in [0.25, 0.3) is 6.08 Å². The minimum Gasteiger partial charge on any atom is -0.381 e. The molecule has 0 aliphatic heterocycles. The quantitative estimate of drug-likeness (QED) is 0.626. The number of rotatable bonds is 5. The standard InChI is InChI=1S/C12H16O/c1-2-13-11-7-6-10-12-8-4-3-5-9-12/h3-6,8-10H,2,7,11H2,1H3/b10-6+. The van der Waals surface area contributed by atoms with E-state index in [2.05, 4.69) is 24.3 Å². The molecule has 0 spiro atoms. The van der Waals surface area contributed by atoms with E-state index in [-0.39, 0.29) is 0 Å². The van der Waals surface area contributed by atoms with Gasteiger partial charge in [-0.2, -0.15) is 0 Å². The fraction of sp³-hybridized carbons (Fsp3) is 0.333. The molecule has 0 amide bonds. The zero-order valence-corrected chi connectivity index (χ0v) is 8.07. The van der Waals surface area contributed by atoms with Crippen molar-refractivity contribution < 1.29 is 4.74 Å². The Morgan fingerprint density at radius 1 is 1.23 bits per heavy atom. The van der Waals surface area contributed by atoms with Gasteiger partial charge in [-0.25, -0.2) is 0 Å². The van der Waals surface area contributed by atoms with Gasteiger partial charge in [-0.3, -0.25) is 0 Å². The lowest BCUT2D eigenvalue weighted by atomic mass is 10.2. The maximum Gasteiger partial charge on any atom is 0.0500 e. The van der Waals surface area contributed by atoms with E-state index in [1.165, 1.54) is 5.56 Å². The normalized spacial score (nSPS) is 10.8. The van der Waals surface area contributed by atoms with Gasteiger partial charge >= 0.3 is 0 Å². The maximum absolute atomic E-state index is 5.22. The highest BCUT2D eigenvalue weighted by molar-refractivity contribution is 5.48. The van der Waals surface area contributed by atoms with Gasteiger partial charge in [-0.1, -0.05) is 42.5 Å². The van der Waals surface area contributed by atoms with Crippen LogP contribution in [0, 0.1) is 0 Å². The second-order valence-electron chi connectivity index (χ2n) is 2.80. The fourth-order valence-electron chi connectivity index (χ4n) is 1.08. The van der Waals surface area contributed by atoms with Crippen LogP contribution in [-0.4, -0.2) is 13.2 Å². The van der Waals surface area contributed by atoms with Crippen molar-refractivity contribution in [3.05, 3.63) is 42.0 Å². The Balaban J connectivity index is 2.25. The molecule has 0 unspecified atom stereocenters. The summed E-state index contributed by atoms with van der Waals surface area (Å²) >= 11 is 0. The summed E-state index contributed by atoms with van der Waals surface area (Å²) in [5.41, 5.74) is 1.25. The van der Waals surface area contributed by atoms with Gasteiger partial charge in [0.05, 0.1) is 0 Å². The maximum atomic E-state index is 5.22. The molecule has 0 aliphatic rings. The van der Waals surface area contributed by atoms with Crippen LogP contribution in [0.3, 0.4) is 0 Å². The van der Waals surface area contributed by atoms with E-state index >= 15 is 0 Å². The van der Waals surface area contributed by atoms with Gasteiger partial charge in [0.2, 0.25) is 0 Å². The first-order chi connectivity index (χ1) is 6.43. The van der Waals surface area contributed by atoms with E-state index in [9.17, 15) is 0 Å². The molecule has 0 aliphatic carbocycles.